The Morgan fingerprint density at radius 3 is 2.71 bits per heavy atom. The third kappa shape index (κ3) is 3.20. The predicted octanol–water partition coefficient (Wildman–Crippen LogP) is 1.61. The van der Waals surface area contributed by atoms with Gasteiger partial charge in [0.15, 0.2) is 5.96 Å². The average molecular weight is 197 g/mol. The van der Waals surface area contributed by atoms with Gasteiger partial charge in [-0.25, -0.2) is 0 Å². The average Bonchev–Trinajstić information content (AvgIpc) is 2.16. The molecule has 0 saturated carbocycles. The van der Waals surface area contributed by atoms with Crippen LogP contribution in [0.15, 0.2) is 4.99 Å². The van der Waals surface area contributed by atoms with Crippen LogP contribution in [0.5, 0.6) is 0 Å². The van der Waals surface area contributed by atoms with Crippen molar-refractivity contribution in [2.45, 2.75) is 34.1 Å². The van der Waals surface area contributed by atoms with Crippen molar-refractivity contribution in [3.05, 3.63) is 0 Å². The summed E-state index contributed by atoms with van der Waals surface area (Å²) in [6.07, 6.45) is 1.15. The molecule has 1 aliphatic rings. The lowest BCUT2D eigenvalue weighted by Crippen LogP contribution is -2.45. The van der Waals surface area contributed by atoms with Gasteiger partial charge >= 0.3 is 0 Å². The third-order valence-electron chi connectivity index (χ3n) is 3.17. The van der Waals surface area contributed by atoms with E-state index in [2.05, 4.69) is 43.3 Å². The molecular weight excluding hydrogens is 174 g/mol. The molecule has 0 aromatic carbocycles. The number of rotatable bonds is 3. The number of hydrogen-bond donors (Lipinski definition) is 2. The zero-order valence-electron chi connectivity index (χ0n) is 9.85. The number of aliphatic imine (C=N–C) groups is 1. The van der Waals surface area contributed by atoms with E-state index in [9.17, 15) is 0 Å². The highest BCUT2D eigenvalue weighted by atomic mass is 15.2. The van der Waals surface area contributed by atoms with Crippen LogP contribution in [0.25, 0.3) is 0 Å². The van der Waals surface area contributed by atoms with Crippen LogP contribution in [0.1, 0.15) is 34.1 Å². The van der Waals surface area contributed by atoms with Gasteiger partial charge in [-0.2, -0.15) is 0 Å². The molecule has 1 rings (SSSR count). The van der Waals surface area contributed by atoms with Crippen molar-refractivity contribution in [1.82, 2.24) is 10.6 Å². The summed E-state index contributed by atoms with van der Waals surface area (Å²) >= 11 is 0. The van der Waals surface area contributed by atoms with E-state index in [0.29, 0.717) is 11.3 Å². The van der Waals surface area contributed by atoms with Gasteiger partial charge in [0.1, 0.15) is 0 Å². The molecule has 1 heterocycles. The first-order valence-corrected chi connectivity index (χ1v) is 5.54. The Labute approximate surface area is 87.4 Å². The van der Waals surface area contributed by atoms with Crippen LogP contribution in [0.2, 0.25) is 0 Å². The largest absolute Gasteiger partial charge is 0.356 e. The highest BCUT2D eigenvalue weighted by Gasteiger charge is 2.22. The van der Waals surface area contributed by atoms with Crippen molar-refractivity contribution < 1.29 is 0 Å². The van der Waals surface area contributed by atoms with Crippen molar-refractivity contribution in [3.8, 4) is 0 Å². The maximum atomic E-state index is 4.39. The molecule has 1 aliphatic heterocycles. The van der Waals surface area contributed by atoms with Crippen molar-refractivity contribution in [3.63, 3.8) is 0 Å². The molecule has 0 spiro atoms. The zero-order valence-corrected chi connectivity index (χ0v) is 9.85. The van der Waals surface area contributed by atoms with Gasteiger partial charge in [0.05, 0.1) is 0 Å². The number of nitrogens with zero attached hydrogens (tertiary/aromatic N) is 1. The minimum atomic E-state index is 0.321. The van der Waals surface area contributed by atoms with Crippen LogP contribution < -0.4 is 10.6 Å². The minimum Gasteiger partial charge on any atom is -0.356 e. The predicted molar refractivity (Wildman–Crippen MR) is 61.5 cm³/mol. The van der Waals surface area contributed by atoms with Crippen LogP contribution in [0, 0.1) is 11.3 Å². The second-order valence-electron chi connectivity index (χ2n) is 5.01. The second-order valence-corrected chi connectivity index (χ2v) is 5.01. The van der Waals surface area contributed by atoms with Crippen molar-refractivity contribution in [2.24, 2.45) is 16.3 Å². The van der Waals surface area contributed by atoms with E-state index < -0.39 is 0 Å². The van der Waals surface area contributed by atoms with Crippen molar-refractivity contribution >= 4 is 5.96 Å². The normalized spacial score (nSPS) is 17.6. The van der Waals surface area contributed by atoms with Gasteiger partial charge in [0.25, 0.3) is 0 Å². The van der Waals surface area contributed by atoms with E-state index >= 15 is 0 Å². The molecule has 2 N–H and O–H groups in total. The van der Waals surface area contributed by atoms with Gasteiger partial charge in [0, 0.05) is 19.6 Å². The number of hydrogen-bond acceptors (Lipinski definition) is 3. The van der Waals surface area contributed by atoms with E-state index in [0.717, 1.165) is 32.0 Å². The fourth-order valence-corrected chi connectivity index (χ4v) is 1.17. The maximum absolute atomic E-state index is 4.39. The first kappa shape index (κ1) is 11.3. The summed E-state index contributed by atoms with van der Waals surface area (Å²) in [6.45, 7) is 12.1. The highest BCUT2D eigenvalue weighted by molar-refractivity contribution is 5.80. The van der Waals surface area contributed by atoms with E-state index in [4.69, 9.17) is 0 Å². The monoisotopic (exact) mass is 197 g/mol. The molecule has 0 saturated heterocycles. The number of guanidine groups is 1. The molecule has 0 radical (unpaired) electrons. The molecule has 14 heavy (non-hydrogen) atoms. The Bertz CT molecular complexity index is 207. The summed E-state index contributed by atoms with van der Waals surface area (Å²) in [5.74, 6) is 1.66. The van der Waals surface area contributed by atoms with Gasteiger partial charge in [-0.15, -0.1) is 0 Å². The molecule has 82 valence electrons. The highest BCUT2D eigenvalue weighted by Crippen LogP contribution is 2.24. The van der Waals surface area contributed by atoms with Crippen LogP contribution >= 0.6 is 0 Å². The van der Waals surface area contributed by atoms with E-state index in [1.165, 1.54) is 0 Å². The van der Waals surface area contributed by atoms with E-state index in [1.807, 2.05) is 0 Å². The SMILES string of the molecule is CC(C)C(C)(C)CNC1=NCCCN1. The molecule has 0 unspecified atom stereocenters. The van der Waals surface area contributed by atoms with E-state index in [1.54, 1.807) is 0 Å². The maximum Gasteiger partial charge on any atom is 0.191 e. The third-order valence-corrected chi connectivity index (χ3v) is 3.17. The van der Waals surface area contributed by atoms with Crippen LogP contribution in [0.4, 0.5) is 0 Å². The van der Waals surface area contributed by atoms with Gasteiger partial charge in [0.2, 0.25) is 0 Å². The molecule has 3 heteroatoms. The molecule has 0 fully saturated rings. The molecule has 3 nitrogen and oxygen atoms in total. The van der Waals surface area contributed by atoms with Gasteiger partial charge < -0.3 is 10.6 Å². The fraction of sp³-hybridized carbons (Fsp3) is 0.909. The van der Waals surface area contributed by atoms with Gasteiger partial charge in [-0.05, 0) is 17.8 Å². The first-order valence-electron chi connectivity index (χ1n) is 5.54. The van der Waals surface area contributed by atoms with Crippen molar-refractivity contribution in [2.75, 3.05) is 19.6 Å². The first-order chi connectivity index (χ1) is 6.52. The molecule has 0 bridgehead atoms. The molecular formula is C11H23N3. The molecule has 0 atom stereocenters. The van der Waals surface area contributed by atoms with Crippen LogP contribution in [-0.2, 0) is 0 Å². The molecule has 0 aromatic heterocycles. The summed E-state index contributed by atoms with van der Waals surface area (Å²) in [4.78, 5) is 4.39. The topological polar surface area (TPSA) is 36.4 Å². The number of nitrogens with one attached hydrogen (secondary N) is 2. The lowest BCUT2D eigenvalue weighted by atomic mass is 9.81. The van der Waals surface area contributed by atoms with E-state index in [-0.39, 0.29) is 0 Å². The Morgan fingerprint density at radius 1 is 1.50 bits per heavy atom. The summed E-state index contributed by atoms with van der Waals surface area (Å²) in [6, 6.07) is 0. The quantitative estimate of drug-likeness (QED) is 0.721. The second kappa shape index (κ2) is 4.67. The summed E-state index contributed by atoms with van der Waals surface area (Å²) in [5.41, 5.74) is 0.321. The fourth-order valence-electron chi connectivity index (χ4n) is 1.17. The summed E-state index contributed by atoms with van der Waals surface area (Å²) in [7, 11) is 0. The van der Waals surface area contributed by atoms with Crippen LogP contribution in [0.3, 0.4) is 0 Å². The lowest BCUT2D eigenvalue weighted by Gasteiger charge is -2.30. The summed E-state index contributed by atoms with van der Waals surface area (Å²) in [5, 5.41) is 6.65. The Hall–Kier alpha value is -0.730. The Morgan fingerprint density at radius 2 is 2.21 bits per heavy atom. The lowest BCUT2D eigenvalue weighted by molar-refractivity contribution is 0.250. The minimum absolute atomic E-state index is 0.321. The zero-order chi connectivity index (χ0) is 10.6. The molecule has 0 amide bonds. The smallest absolute Gasteiger partial charge is 0.191 e. The summed E-state index contributed by atoms with van der Waals surface area (Å²) < 4.78 is 0. The van der Waals surface area contributed by atoms with Crippen molar-refractivity contribution in [1.29, 1.82) is 0 Å². The molecule has 0 aromatic rings. The standard InChI is InChI=1S/C11H23N3/c1-9(2)11(3,4)8-14-10-12-6-5-7-13-10/h9H,5-8H2,1-4H3,(H2,12,13,14). The van der Waals surface area contributed by atoms with Crippen LogP contribution in [-0.4, -0.2) is 25.6 Å². The van der Waals surface area contributed by atoms with Gasteiger partial charge in [-0.1, -0.05) is 27.7 Å². The Balaban J connectivity index is 2.35. The molecule has 0 aliphatic carbocycles. The Kier molecular flexibility index (Phi) is 3.78. The van der Waals surface area contributed by atoms with Gasteiger partial charge in [-0.3, -0.25) is 4.99 Å².